The maximum atomic E-state index is 12.0. The minimum atomic E-state index is -0.923. The number of carbonyl (C=O) groups excluding carboxylic acids is 1. The number of nitrogens with one attached hydrogen (secondary N) is 2. The van der Waals surface area contributed by atoms with Crippen LogP contribution in [0.4, 0.5) is 5.69 Å². The first-order chi connectivity index (χ1) is 13.5. The Balaban J connectivity index is 1.73. The lowest BCUT2D eigenvalue weighted by Crippen LogP contribution is -2.12. The lowest BCUT2D eigenvalue weighted by molar-refractivity contribution is -0.137. The smallest absolute Gasteiger partial charge is 0.303 e. The number of aromatic amines is 1. The van der Waals surface area contributed by atoms with Crippen LogP contribution in [0, 0.1) is 0 Å². The predicted molar refractivity (Wildman–Crippen MR) is 104 cm³/mol. The van der Waals surface area contributed by atoms with Gasteiger partial charge in [-0.3, -0.25) is 19.4 Å². The largest absolute Gasteiger partial charge is 0.481 e. The summed E-state index contributed by atoms with van der Waals surface area (Å²) < 4.78 is 0. The molecule has 3 rings (SSSR count). The molecule has 0 unspecified atom stereocenters. The number of carboxylic acids is 1. The molecule has 2 heterocycles. The Morgan fingerprint density at radius 3 is 2.39 bits per heavy atom. The van der Waals surface area contributed by atoms with Gasteiger partial charge in [-0.15, -0.1) is 0 Å². The van der Waals surface area contributed by atoms with Gasteiger partial charge in [0.1, 0.15) is 5.82 Å². The maximum absolute atomic E-state index is 12.0. The molecule has 1 amide bonds. The van der Waals surface area contributed by atoms with Crippen molar-refractivity contribution in [3.63, 3.8) is 0 Å². The van der Waals surface area contributed by atoms with E-state index in [1.807, 2.05) is 0 Å². The van der Waals surface area contributed by atoms with E-state index < -0.39 is 5.97 Å². The first-order valence-corrected chi connectivity index (χ1v) is 8.65. The van der Waals surface area contributed by atoms with Crippen molar-refractivity contribution in [2.75, 3.05) is 5.32 Å². The van der Waals surface area contributed by atoms with Gasteiger partial charge < -0.3 is 15.4 Å². The highest BCUT2D eigenvalue weighted by atomic mass is 16.4. The average Bonchev–Trinajstić information content (AvgIpc) is 2.68. The minimum absolute atomic E-state index is 0.0425. The Morgan fingerprint density at radius 1 is 1.00 bits per heavy atom. The van der Waals surface area contributed by atoms with Gasteiger partial charge in [-0.2, -0.15) is 0 Å². The third-order valence-corrected chi connectivity index (χ3v) is 3.95. The number of carbonyl (C=O) groups is 2. The fourth-order valence-corrected chi connectivity index (χ4v) is 2.60. The Labute approximate surface area is 160 Å². The highest BCUT2D eigenvalue weighted by Gasteiger charge is 2.08. The van der Waals surface area contributed by atoms with Crippen molar-refractivity contribution in [1.82, 2.24) is 15.0 Å². The van der Waals surface area contributed by atoms with Crippen molar-refractivity contribution in [3.05, 3.63) is 65.2 Å². The molecule has 0 aliphatic rings. The zero-order valence-corrected chi connectivity index (χ0v) is 14.9. The molecule has 142 valence electrons. The van der Waals surface area contributed by atoms with Crippen molar-refractivity contribution in [3.8, 4) is 22.6 Å². The number of H-pyrrole nitrogens is 1. The highest BCUT2D eigenvalue weighted by molar-refractivity contribution is 5.91. The van der Waals surface area contributed by atoms with Crippen LogP contribution in [0.15, 0.2) is 59.7 Å². The van der Waals surface area contributed by atoms with Crippen molar-refractivity contribution in [2.45, 2.75) is 19.3 Å². The van der Waals surface area contributed by atoms with Gasteiger partial charge in [-0.1, -0.05) is 0 Å². The summed E-state index contributed by atoms with van der Waals surface area (Å²) in [6, 6.07) is 11.8. The summed E-state index contributed by atoms with van der Waals surface area (Å²) in [5.74, 6) is -0.758. The zero-order valence-electron chi connectivity index (χ0n) is 14.9. The van der Waals surface area contributed by atoms with E-state index in [1.165, 1.54) is 6.07 Å². The Morgan fingerprint density at radius 2 is 1.71 bits per heavy atom. The molecule has 0 atom stereocenters. The molecule has 0 saturated heterocycles. The molecular weight excluding hydrogens is 360 g/mol. The number of carboxylic acid groups (broad SMARTS) is 1. The summed E-state index contributed by atoms with van der Waals surface area (Å²) in [6.45, 7) is 0. The van der Waals surface area contributed by atoms with E-state index >= 15 is 0 Å². The molecule has 8 heteroatoms. The first kappa shape index (κ1) is 19.0. The van der Waals surface area contributed by atoms with Gasteiger partial charge in [0, 0.05) is 48.1 Å². The van der Waals surface area contributed by atoms with Crippen LogP contribution >= 0.6 is 0 Å². The molecule has 0 fully saturated rings. The van der Waals surface area contributed by atoms with Crippen molar-refractivity contribution < 1.29 is 14.7 Å². The van der Waals surface area contributed by atoms with Gasteiger partial charge in [-0.25, -0.2) is 4.98 Å². The van der Waals surface area contributed by atoms with Crippen molar-refractivity contribution >= 4 is 17.6 Å². The number of benzene rings is 1. The van der Waals surface area contributed by atoms with Crippen LogP contribution < -0.4 is 10.9 Å². The minimum Gasteiger partial charge on any atom is -0.481 e. The van der Waals surface area contributed by atoms with Crippen LogP contribution in [0.5, 0.6) is 0 Å². The van der Waals surface area contributed by atoms with Gasteiger partial charge in [0.15, 0.2) is 0 Å². The Bertz CT molecular complexity index is 1030. The fraction of sp³-hybridized carbons (Fsp3) is 0.150. The van der Waals surface area contributed by atoms with Gasteiger partial charge >= 0.3 is 5.97 Å². The number of rotatable bonds is 7. The van der Waals surface area contributed by atoms with Gasteiger partial charge in [0.25, 0.3) is 5.56 Å². The summed E-state index contributed by atoms with van der Waals surface area (Å²) in [6.07, 6.45) is 3.64. The molecule has 28 heavy (non-hydrogen) atoms. The van der Waals surface area contributed by atoms with Gasteiger partial charge in [0.05, 0.1) is 5.69 Å². The lowest BCUT2D eigenvalue weighted by atomic mass is 10.1. The van der Waals surface area contributed by atoms with E-state index in [-0.39, 0.29) is 30.7 Å². The standard InChI is InChI=1S/C20H18N4O4/c25-17(2-1-3-19(27)28)22-15-6-4-14(5-7-15)20-23-16(12-18(26)24-20)13-8-10-21-11-9-13/h4-12H,1-3H2,(H,22,25)(H,27,28)(H,23,24,26). The maximum Gasteiger partial charge on any atom is 0.303 e. The third kappa shape index (κ3) is 5.10. The molecule has 1 aromatic carbocycles. The number of aromatic nitrogens is 3. The van der Waals surface area contributed by atoms with Crippen LogP contribution in [0.2, 0.25) is 0 Å². The fourth-order valence-electron chi connectivity index (χ4n) is 2.60. The summed E-state index contributed by atoms with van der Waals surface area (Å²) in [5.41, 5.74) is 2.32. The molecule has 0 saturated carbocycles. The van der Waals surface area contributed by atoms with Crippen LogP contribution in [-0.4, -0.2) is 31.9 Å². The van der Waals surface area contributed by atoms with Crippen LogP contribution in [0.1, 0.15) is 19.3 Å². The third-order valence-electron chi connectivity index (χ3n) is 3.95. The second-order valence-electron chi connectivity index (χ2n) is 6.09. The Kier molecular flexibility index (Phi) is 5.91. The average molecular weight is 378 g/mol. The molecule has 0 aliphatic heterocycles. The quantitative estimate of drug-likeness (QED) is 0.580. The van der Waals surface area contributed by atoms with Gasteiger partial charge in [0.2, 0.25) is 5.91 Å². The summed E-state index contributed by atoms with van der Waals surface area (Å²) in [5, 5.41) is 11.3. The molecule has 0 spiro atoms. The second-order valence-corrected chi connectivity index (χ2v) is 6.09. The topological polar surface area (TPSA) is 125 Å². The normalized spacial score (nSPS) is 10.4. The summed E-state index contributed by atoms with van der Waals surface area (Å²) >= 11 is 0. The molecule has 3 aromatic rings. The van der Waals surface area contributed by atoms with Gasteiger partial charge in [-0.05, 0) is 42.8 Å². The first-order valence-electron chi connectivity index (χ1n) is 8.65. The van der Waals surface area contributed by atoms with E-state index in [4.69, 9.17) is 5.11 Å². The number of pyridine rings is 1. The van der Waals surface area contributed by atoms with Crippen LogP contribution in [0.3, 0.4) is 0 Å². The van der Waals surface area contributed by atoms with E-state index in [0.29, 0.717) is 22.8 Å². The van der Waals surface area contributed by atoms with Crippen molar-refractivity contribution in [2.24, 2.45) is 0 Å². The van der Waals surface area contributed by atoms with E-state index in [1.54, 1.807) is 48.8 Å². The van der Waals surface area contributed by atoms with Crippen molar-refractivity contribution in [1.29, 1.82) is 0 Å². The summed E-state index contributed by atoms with van der Waals surface area (Å²) in [7, 11) is 0. The van der Waals surface area contributed by atoms with E-state index in [2.05, 4.69) is 20.3 Å². The molecule has 0 radical (unpaired) electrons. The Hall–Kier alpha value is -3.81. The molecule has 0 bridgehead atoms. The number of nitrogens with zero attached hydrogens (tertiary/aromatic N) is 2. The molecule has 8 nitrogen and oxygen atoms in total. The molecule has 3 N–H and O–H groups in total. The second kappa shape index (κ2) is 8.72. The summed E-state index contributed by atoms with van der Waals surface area (Å²) in [4.78, 5) is 45.5. The van der Waals surface area contributed by atoms with Crippen LogP contribution in [-0.2, 0) is 9.59 Å². The number of hydrogen-bond donors (Lipinski definition) is 3. The predicted octanol–water partition coefficient (Wildman–Crippen LogP) is 2.69. The molecular formula is C20H18N4O4. The highest BCUT2D eigenvalue weighted by Crippen LogP contribution is 2.20. The number of hydrogen-bond acceptors (Lipinski definition) is 5. The van der Waals surface area contributed by atoms with Crippen LogP contribution in [0.25, 0.3) is 22.6 Å². The number of amides is 1. The lowest BCUT2D eigenvalue weighted by Gasteiger charge is -2.07. The number of anilines is 1. The molecule has 2 aromatic heterocycles. The van der Waals surface area contributed by atoms with E-state index in [0.717, 1.165) is 5.56 Å². The van der Waals surface area contributed by atoms with E-state index in [9.17, 15) is 14.4 Å². The molecule has 0 aliphatic carbocycles. The monoisotopic (exact) mass is 378 g/mol. The number of aliphatic carboxylic acids is 1. The SMILES string of the molecule is O=C(O)CCCC(=O)Nc1ccc(-c2nc(-c3ccncc3)cc(=O)[nH]2)cc1. The zero-order chi connectivity index (χ0) is 19.9.